The zero-order chi connectivity index (χ0) is 13.2. The highest BCUT2D eigenvalue weighted by atomic mass is 19.3. The number of alkyl halides is 2. The summed E-state index contributed by atoms with van der Waals surface area (Å²) < 4.78 is 28.1. The second-order valence-corrected chi connectivity index (χ2v) is 3.05. The quantitative estimate of drug-likeness (QED) is 0.650. The highest BCUT2D eigenvalue weighted by Crippen LogP contribution is 2.35. The van der Waals surface area contributed by atoms with Crippen LogP contribution in [-0.2, 0) is 0 Å². The molecule has 0 saturated heterocycles. The molecule has 0 bridgehead atoms. The van der Waals surface area contributed by atoms with E-state index in [9.17, 15) is 23.7 Å². The maximum Gasteiger partial charge on any atom is 0.387 e. The second-order valence-electron chi connectivity index (χ2n) is 3.05. The number of carboxylic acids is 1. The lowest BCUT2D eigenvalue weighted by molar-refractivity contribution is -0.387. The number of hydrogen-bond acceptors (Lipinski definition) is 4. The summed E-state index contributed by atoms with van der Waals surface area (Å²) >= 11 is 0. The monoisotopic (exact) mass is 247 g/mol. The standard InChI is InChI=1S/C9H7F2NO5/c1-4-2-3-5(8(13)14)7(17-9(10)11)6(4)12(15)16/h2-3,9H,1H3,(H,13,14). The van der Waals surface area contributed by atoms with Gasteiger partial charge in [0.25, 0.3) is 0 Å². The molecular formula is C9H7F2NO5. The Hall–Kier alpha value is -2.25. The average Bonchev–Trinajstić information content (AvgIpc) is 2.15. The molecule has 8 heteroatoms. The number of benzene rings is 1. The number of nitro groups is 1. The molecule has 0 amide bonds. The van der Waals surface area contributed by atoms with Gasteiger partial charge in [-0.15, -0.1) is 0 Å². The predicted molar refractivity (Wildman–Crippen MR) is 51.4 cm³/mol. The first-order valence-corrected chi connectivity index (χ1v) is 4.30. The van der Waals surface area contributed by atoms with E-state index in [0.29, 0.717) is 0 Å². The van der Waals surface area contributed by atoms with Crippen molar-refractivity contribution in [1.29, 1.82) is 0 Å². The average molecular weight is 247 g/mol. The van der Waals surface area contributed by atoms with Crippen molar-refractivity contribution in [1.82, 2.24) is 0 Å². The van der Waals surface area contributed by atoms with Gasteiger partial charge in [-0.05, 0) is 13.0 Å². The minimum absolute atomic E-state index is 0.0376. The van der Waals surface area contributed by atoms with Gasteiger partial charge in [0.1, 0.15) is 5.56 Å². The van der Waals surface area contributed by atoms with E-state index in [4.69, 9.17) is 5.11 Å². The van der Waals surface area contributed by atoms with Crippen LogP contribution in [0.1, 0.15) is 15.9 Å². The molecule has 1 aromatic rings. The van der Waals surface area contributed by atoms with Crippen molar-refractivity contribution in [3.8, 4) is 5.75 Å². The number of ether oxygens (including phenoxy) is 1. The molecule has 92 valence electrons. The minimum Gasteiger partial charge on any atom is -0.478 e. The summed E-state index contributed by atoms with van der Waals surface area (Å²) in [6, 6.07) is 2.13. The summed E-state index contributed by atoms with van der Waals surface area (Å²) in [7, 11) is 0. The van der Waals surface area contributed by atoms with Gasteiger partial charge in [0.2, 0.25) is 5.75 Å². The van der Waals surface area contributed by atoms with Crippen LogP contribution in [0.25, 0.3) is 0 Å². The first-order chi connectivity index (χ1) is 7.84. The van der Waals surface area contributed by atoms with E-state index in [1.54, 1.807) is 0 Å². The molecule has 0 aliphatic carbocycles. The van der Waals surface area contributed by atoms with Gasteiger partial charge in [-0.2, -0.15) is 8.78 Å². The Morgan fingerprint density at radius 3 is 2.53 bits per heavy atom. The molecule has 0 radical (unpaired) electrons. The number of nitrogens with zero attached hydrogens (tertiary/aromatic N) is 1. The molecule has 1 aromatic carbocycles. The van der Waals surface area contributed by atoms with Crippen LogP contribution in [0.2, 0.25) is 0 Å². The van der Waals surface area contributed by atoms with Crippen LogP contribution in [0.4, 0.5) is 14.5 Å². The summed E-state index contributed by atoms with van der Waals surface area (Å²) in [5, 5.41) is 19.4. The SMILES string of the molecule is Cc1ccc(C(=O)O)c(OC(F)F)c1[N+](=O)[O-]. The summed E-state index contributed by atoms with van der Waals surface area (Å²) in [5.74, 6) is -2.51. The van der Waals surface area contributed by atoms with Crippen LogP contribution in [0.5, 0.6) is 5.75 Å². The number of aromatic carboxylic acids is 1. The van der Waals surface area contributed by atoms with Gasteiger partial charge in [0.05, 0.1) is 4.92 Å². The maximum absolute atomic E-state index is 12.1. The molecule has 0 saturated carbocycles. The molecule has 0 aliphatic rings. The Labute approximate surface area is 93.6 Å². The molecule has 0 atom stereocenters. The molecule has 17 heavy (non-hydrogen) atoms. The van der Waals surface area contributed by atoms with E-state index in [0.717, 1.165) is 12.1 Å². The van der Waals surface area contributed by atoms with E-state index in [2.05, 4.69) is 4.74 Å². The molecule has 0 aromatic heterocycles. The Balaban J connectivity index is 3.49. The molecule has 6 nitrogen and oxygen atoms in total. The number of hydrogen-bond donors (Lipinski definition) is 1. The van der Waals surface area contributed by atoms with Gasteiger partial charge in [0.15, 0.2) is 0 Å². The fourth-order valence-corrected chi connectivity index (χ4v) is 1.27. The first-order valence-electron chi connectivity index (χ1n) is 4.30. The van der Waals surface area contributed by atoms with Crippen LogP contribution >= 0.6 is 0 Å². The molecule has 1 N–H and O–H groups in total. The summed E-state index contributed by atoms with van der Waals surface area (Å²) in [5.41, 5.74) is -1.41. The zero-order valence-electron chi connectivity index (χ0n) is 8.52. The van der Waals surface area contributed by atoms with Crippen LogP contribution < -0.4 is 4.74 Å². The van der Waals surface area contributed by atoms with Crippen molar-refractivity contribution < 1.29 is 28.3 Å². The second kappa shape index (κ2) is 4.73. The fourth-order valence-electron chi connectivity index (χ4n) is 1.27. The number of carboxylic acid groups (broad SMARTS) is 1. The van der Waals surface area contributed by atoms with Crippen molar-refractivity contribution in [2.45, 2.75) is 13.5 Å². The van der Waals surface area contributed by atoms with Crippen molar-refractivity contribution in [2.24, 2.45) is 0 Å². The Kier molecular flexibility index (Phi) is 3.56. The molecule has 0 aliphatic heterocycles. The van der Waals surface area contributed by atoms with Crippen molar-refractivity contribution in [3.05, 3.63) is 33.4 Å². The van der Waals surface area contributed by atoms with E-state index in [1.165, 1.54) is 6.92 Å². The van der Waals surface area contributed by atoms with Crippen molar-refractivity contribution in [3.63, 3.8) is 0 Å². The lowest BCUT2D eigenvalue weighted by Crippen LogP contribution is -2.10. The summed E-state index contributed by atoms with van der Waals surface area (Å²) in [6.45, 7) is -2.05. The lowest BCUT2D eigenvalue weighted by Gasteiger charge is -2.09. The largest absolute Gasteiger partial charge is 0.478 e. The summed E-state index contributed by atoms with van der Waals surface area (Å²) in [6.07, 6.45) is 0. The van der Waals surface area contributed by atoms with E-state index in [1.807, 2.05) is 0 Å². The number of carbonyl (C=O) groups is 1. The van der Waals surface area contributed by atoms with Crippen molar-refractivity contribution >= 4 is 11.7 Å². The Morgan fingerprint density at radius 2 is 2.12 bits per heavy atom. The van der Waals surface area contributed by atoms with Gasteiger partial charge < -0.3 is 9.84 Å². The molecule has 0 heterocycles. The highest BCUT2D eigenvalue weighted by Gasteiger charge is 2.28. The van der Waals surface area contributed by atoms with Crippen LogP contribution in [0.3, 0.4) is 0 Å². The minimum atomic E-state index is -3.34. The van der Waals surface area contributed by atoms with Gasteiger partial charge >= 0.3 is 18.3 Å². The van der Waals surface area contributed by atoms with Gasteiger partial charge in [-0.1, -0.05) is 6.07 Å². The van der Waals surface area contributed by atoms with E-state index in [-0.39, 0.29) is 5.56 Å². The van der Waals surface area contributed by atoms with Gasteiger partial charge in [0, 0.05) is 5.56 Å². The smallest absolute Gasteiger partial charge is 0.387 e. The molecule has 0 fully saturated rings. The van der Waals surface area contributed by atoms with Crippen molar-refractivity contribution in [2.75, 3.05) is 0 Å². The molecule has 1 rings (SSSR count). The number of halogens is 2. The van der Waals surface area contributed by atoms with Crippen LogP contribution in [-0.4, -0.2) is 22.6 Å². The number of aryl methyl sites for hydroxylation is 1. The Morgan fingerprint density at radius 1 is 1.53 bits per heavy atom. The van der Waals surface area contributed by atoms with Gasteiger partial charge in [-0.3, -0.25) is 10.1 Å². The Bertz CT molecular complexity index is 475. The third-order valence-corrected chi connectivity index (χ3v) is 1.95. The maximum atomic E-state index is 12.1. The van der Waals surface area contributed by atoms with Gasteiger partial charge in [-0.25, -0.2) is 4.79 Å². The van der Waals surface area contributed by atoms with Crippen LogP contribution in [0, 0.1) is 17.0 Å². The molecular weight excluding hydrogens is 240 g/mol. The number of nitro benzene ring substituents is 1. The molecule has 0 spiro atoms. The first kappa shape index (κ1) is 12.8. The third kappa shape index (κ3) is 2.65. The summed E-state index contributed by atoms with van der Waals surface area (Å²) in [4.78, 5) is 20.5. The number of rotatable bonds is 4. The van der Waals surface area contributed by atoms with Crippen LogP contribution in [0.15, 0.2) is 12.1 Å². The normalized spacial score (nSPS) is 10.4. The van der Waals surface area contributed by atoms with E-state index >= 15 is 0 Å². The molecule has 0 unspecified atom stereocenters. The zero-order valence-corrected chi connectivity index (χ0v) is 8.52. The predicted octanol–water partition coefficient (Wildman–Crippen LogP) is 2.20. The fraction of sp³-hybridized carbons (Fsp3) is 0.222. The highest BCUT2D eigenvalue weighted by molar-refractivity contribution is 5.93. The lowest BCUT2D eigenvalue weighted by atomic mass is 10.1. The third-order valence-electron chi connectivity index (χ3n) is 1.95. The topological polar surface area (TPSA) is 89.7 Å². The van der Waals surface area contributed by atoms with E-state index < -0.39 is 34.5 Å².